The molecule has 0 aromatic heterocycles. The average Bonchev–Trinajstić information content (AvgIpc) is 1.96. The quantitative estimate of drug-likeness (QED) is 0.617. The molecule has 0 saturated heterocycles. The Kier molecular flexibility index (Phi) is 3.30. The minimum atomic E-state index is 0.346. The van der Waals surface area contributed by atoms with Crippen LogP contribution in [0.4, 0.5) is 0 Å². The zero-order chi connectivity index (χ0) is 9.30. The van der Waals surface area contributed by atoms with Crippen LogP contribution in [-0.4, -0.2) is 0 Å². The fourth-order valence-electron chi connectivity index (χ4n) is 0.730. The standard InChI is InChI=1S/C8H4Cl4/c1-4(9)5-2-7(11)8(12)3-6(5)10/h2-3H,1H2. The fraction of sp³-hybridized carbons (Fsp3) is 0. The Bertz CT molecular complexity index is 330. The lowest BCUT2D eigenvalue weighted by atomic mass is 10.2. The predicted molar refractivity (Wildman–Crippen MR) is 56.4 cm³/mol. The molecule has 0 heterocycles. The van der Waals surface area contributed by atoms with E-state index in [4.69, 9.17) is 46.4 Å². The molecule has 12 heavy (non-hydrogen) atoms. The molecule has 0 bridgehead atoms. The van der Waals surface area contributed by atoms with Crippen molar-refractivity contribution in [2.24, 2.45) is 0 Å². The van der Waals surface area contributed by atoms with Gasteiger partial charge in [0.1, 0.15) is 0 Å². The van der Waals surface area contributed by atoms with Gasteiger partial charge in [-0.2, -0.15) is 0 Å². The maximum atomic E-state index is 5.81. The van der Waals surface area contributed by atoms with E-state index in [0.717, 1.165) is 0 Å². The lowest BCUT2D eigenvalue weighted by Gasteiger charge is -2.03. The van der Waals surface area contributed by atoms with Crippen molar-refractivity contribution in [3.05, 3.63) is 39.3 Å². The molecule has 1 aromatic rings. The van der Waals surface area contributed by atoms with Crippen molar-refractivity contribution in [1.82, 2.24) is 0 Å². The van der Waals surface area contributed by atoms with Crippen molar-refractivity contribution in [3.63, 3.8) is 0 Å². The summed E-state index contributed by atoms with van der Waals surface area (Å²) >= 11 is 22.9. The van der Waals surface area contributed by atoms with Gasteiger partial charge in [-0.05, 0) is 12.1 Å². The Hall–Kier alpha value is 0.120. The Balaban J connectivity index is 3.33. The zero-order valence-corrected chi connectivity index (χ0v) is 8.90. The molecule has 0 N–H and O–H groups in total. The van der Waals surface area contributed by atoms with Crippen molar-refractivity contribution in [2.45, 2.75) is 0 Å². The summed E-state index contributed by atoms with van der Waals surface area (Å²) in [5, 5.41) is 1.61. The maximum Gasteiger partial charge on any atom is 0.0607 e. The topological polar surface area (TPSA) is 0 Å². The normalized spacial score (nSPS) is 10.0. The van der Waals surface area contributed by atoms with Gasteiger partial charge < -0.3 is 0 Å². The molecule has 4 heteroatoms. The lowest BCUT2D eigenvalue weighted by Crippen LogP contribution is -1.79. The van der Waals surface area contributed by atoms with E-state index >= 15 is 0 Å². The van der Waals surface area contributed by atoms with Gasteiger partial charge in [-0.15, -0.1) is 0 Å². The predicted octanol–water partition coefficient (Wildman–Crippen LogP) is 4.86. The highest BCUT2D eigenvalue weighted by atomic mass is 35.5. The lowest BCUT2D eigenvalue weighted by molar-refractivity contribution is 1.65. The van der Waals surface area contributed by atoms with Crippen LogP contribution >= 0.6 is 46.4 Å². The van der Waals surface area contributed by atoms with Crippen molar-refractivity contribution < 1.29 is 0 Å². The van der Waals surface area contributed by atoms with Crippen molar-refractivity contribution in [1.29, 1.82) is 0 Å². The van der Waals surface area contributed by atoms with Crippen molar-refractivity contribution in [3.8, 4) is 0 Å². The van der Waals surface area contributed by atoms with E-state index in [1.54, 1.807) is 6.07 Å². The highest BCUT2D eigenvalue weighted by Gasteiger charge is 2.06. The molecule has 0 aliphatic carbocycles. The average molecular weight is 242 g/mol. The third-order valence-electron chi connectivity index (χ3n) is 1.30. The summed E-state index contributed by atoms with van der Waals surface area (Å²) in [6, 6.07) is 3.12. The summed E-state index contributed by atoms with van der Waals surface area (Å²) < 4.78 is 0. The number of rotatable bonds is 1. The molecule has 0 radical (unpaired) electrons. The van der Waals surface area contributed by atoms with E-state index < -0.39 is 0 Å². The molecule has 0 nitrogen and oxygen atoms in total. The van der Waals surface area contributed by atoms with Crippen LogP contribution in [-0.2, 0) is 0 Å². The van der Waals surface area contributed by atoms with Gasteiger partial charge in [0.15, 0.2) is 0 Å². The Labute approximate surface area is 90.7 Å². The van der Waals surface area contributed by atoms with E-state index in [1.807, 2.05) is 0 Å². The van der Waals surface area contributed by atoms with Gasteiger partial charge in [0.05, 0.1) is 15.1 Å². The first-order valence-corrected chi connectivity index (χ1v) is 4.53. The molecule has 0 spiro atoms. The third-order valence-corrected chi connectivity index (χ3v) is 2.54. The smallest absolute Gasteiger partial charge is 0.0607 e. The van der Waals surface area contributed by atoms with Gasteiger partial charge in [0.2, 0.25) is 0 Å². The third kappa shape index (κ3) is 2.08. The highest BCUT2D eigenvalue weighted by molar-refractivity contribution is 6.51. The van der Waals surface area contributed by atoms with Crippen LogP contribution in [0.15, 0.2) is 18.7 Å². The summed E-state index contributed by atoms with van der Waals surface area (Å²) in [6.07, 6.45) is 0. The van der Waals surface area contributed by atoms with Gasteiger partial charge in [0, 0.05) is 10.6 Å². The molecule has 0 fully saturated rings. The molecule has 1 aromatic carbocycles. The first-order chi connectivity index (χ1) is 5.52. The van der Waals surface area contributed by atoms with Crippen molar-refractivity contribution >= 4 is 51.4 Å². The highest BCUT2D eigenvalue weighted by Crippen LogP contribution is 2.33. The second-order valence-corrected chi connectivity index (χ2v) is 3.83. The van der Waals surface area contributed by atoms with E-state index in [1.165, 1.54) is 6.07 Å². The second kappa shape index (κ2) is 3.89. The molecule has 0 amide bonds. The van der Waals surface area contributed by atoms with Gasteiger partial charge in [-0.25, -0.2) is 0 Å². The molecule has 0 unspecified atom stereocenters. The maximum absolute atomic E-state index is 5.81. The van der Waals surface area contributed by atoms with E-state index in [9.17, 15) is 0 Å². The molecular weight excluding hydrogens is 238 g/mol. The molecule has 0 aliphatic rings. The van der Waals surface area contributed by atoms with Gasteiger partial charge in [0.25, 0.3) is 0 Å². The zero-order valence-electron chi connectivity index (χ0n) is 5.87. The number of hydrogen-bond acceptors (Lipinski definition) is 0. The Morgan fingerprint density at radius 1 is 1.00 bits per heavy atom. The summed E-state index contributed by atoms with van der Waals surface area (Å²) in [4.78, 5) is 0. The minimum Gasteiger partial charge on any atom is -0.0843 e. The summed E-state index contributed by atoms with van der Waals surface area (Å²) in [5.74, 6) is 0. The van der Waals surface area contributed by atoms with Crippen LogP contribution in [0.1, 0.15) is 5.56 Å². The number of benzene rings is 1. The van der Waals surface area contributed by atoms with Gasteiger partial charge in [-0.1, -0.05) is 53.0 Å². The van der Waals surface area contributed by atoms with Crippen LogP contribution < -0.4 is 0 Å². The van der Waals surface area contributed by atoms with Gasteiger partial charge in [-0.3, -0.25) is 0 Å². The second-order valence-electron chi connectivity index (χ2n) is 2.15. The Morgan fingerprint density at radius 2 is 1.50 bits per heavy atom. The van der Waals surface area contributed by atoms with Gasteiger partial charge >= 0.3 is 0 Å². The van der Waals surface area contributed by atoms with Crippen LogP contribution in [0, 0.1) is 0 Å². The largest absolute Gasteiger partial charge is 0.0843 e. The first-order valence-electron chi connectivity index (χ1n) is 3.01. The minimum absolute atomic E-state index is 0.346. The molecule has 0 saturated carbocycles. The van der Waals surface area contributed by atoms with E-state index in [0.29, 0.717) is 25.7 Å². The fourth-order valence-corrected chi connectivity index (χ4v) is 1.60. The van der Waals surface area contributed by atoms with Crippen LogP contribution in [0.5, 0.6) is 0 Å². The molecular formula is C8H4Cl4. The van der Waals surface area contributed by atoms with E-state index in [2.05, 4.69) is 6.58 Å². The summed E-state index contributed by atoms with van der Waals surface area (Å²) in [6.45, 7) is 3.54. The number of hydrogen-bond donors (Lipinski definition) is 0. The number of halogens is 4. The molecule has 0 aliphatic heterocycles. The Morgan fingerprint density at radius 3 is 2.00 bits per heavy atom. The summed E-state index contributed by atoms with van der Waals surface area (Å²) in [7, 11) is 0. The monoisotopic (exact) mass is 240 g/mol. The van der Waals surface area contributed by atoms with Crippen LogP contribution in [0.25, 0.3) is 5.03 Å². The molecule has 64 valence electrons. The molecule has 1 rings (SSSR count). The molecule has 0 atom stereocenters. The van der Waals surface area contributed by atoms with Crippen LogP contribution in [0.3, 0.4) is 0 Å². The van der Waals surface area contributed by atoms with Crippen molar-refractivity contribution in [2.75, 3.05) is 0 Å². The first kappa shape index (κ1) is 10.2. The summed E-state index contributed by atoms with van der Waals surface area (Å²) in [5.41, 5.74) is 0.604. The van der Waals surface area contributed by atoms with E-state index in [-0.39, 0.29) is 0 Å². The SMILES string of the molecule is C=C(Cl)c1cc(Cl)c(Cl)cc1Cl. The van der Waals surface area contributed by atoms with Crippen LogP contribution in [0.2, 0.25) is 15.1 Å².